The lowest BCUT2D eigenvalue weighted by molar-refractivity contribution is 0.320. The minimum Gasteiger partial charge on any atom is -0.493 e. The quantitative estimate of drug-likeness (QED) is 0.584. The molecule has 0 unspecified atom stereocenters. The van der Waals surface area contributed by atoms with E-state index in [1.54, 1.807) is 21.3 Å². The third-order valence-corrected chi connectivity index (χ3v) is 2.45. The molecule has 0 fully saturated rings. The van der Waals surface area contributed by atoms with Crippen molar-refractivity contribution < 1.29 is 14.2 Å². The van der Waals surface area contributed by atoms with E-state index >= 15 is 0 Å². The summed E-state index contributed by atoms with van der Waals surface area (Å²) in [6, 6.07) is 3.68. The Labute approximate surface area is 95.5 Å². The summed E-state index contributed by atoms with van der Waals surface area (Å²) < 4.78 is 15.8. The molecule has 0 aliphatic carbocycles. The number of nitrogens with two attached hydrogens (primary N) is 1. The summed E-state index contributed by atoms with van der Waals surface area (Å²) in [6.07, 6.45) is 0. The van der Waals surface area contributed by atoms with Gasteiger partial charge in [-0.15, -0.1) is 0 Å². The Morgan fingerprint density at radius 3 is 2.12 bits per heavy atom. The fraction of sp³-hybridized carbons (Fsp3) is 0.455. The van der Waals surface area contributed by atoms with Crippen molar-refractivity contribution in [2.24, 2.45) is 5.84 Å². The van der Waals surface area contributed by atoms with E-state index in [1.807, 2.05) is 19.1 Å². The maximum absolute atomic E-state index is 5.41. The number of ether oxygens (including phenoxy) is 3. The molecule has 0 aliphatic heterocycles. The van der Waals surface area contributed by atoms with Gasteiger partial charge < -0.3 is 14.2 Å². The average Bonchev–Trinajstić information content (AvgIpc) is 2.35. The Kier molecular flexibility index (Phi) is 4.39. The van der Waals surface area contributed by atoms with Crippen LogP contribution >= 0.6 is 0 Å². The standard InChI is InChI=1S/C11H18N2O3/c1-7(13-12)8-5-6-9(14-2)11(16-4)10(8)15-3/h5-7,13H,12H2,1-4H3/t7-/m0/s1. The van der Waals surface area contributed by atoms with Crippen LogP contribution in [0.4, 0.5) is 0 Å². The first-order valence-corrected chi connectivity index (χ1v) is 4.94. The second-order valence-electron chi connectivity index (χ2n) is 3.31. The highest BCUT2D eigenvalue weighted by molar-refractivity contribution is 5.56. The molecule has 0 saturated carbocycles. The summed E-state index contributed by atoms with van der Waals surface area (Å²) in [5.74, 6) is 7.25. The van der Waals surface area contributed by atoms with Gasteiger partial charge in [0.1, 0.15) is 0 Å². The van der Waals surface area contributed by atoms with Crippen LogP contribution in [0.15, 0.2) is 12.1 Å². The molecular formula is C11H18N2O3. The van der Waals surface area contributed by atoms with Gasteiger partial charge in [-0.1, -0.05) is 0 Å². The molecule has 0 heterocycles. The van der Waals surface area contributed by atoms with Crippen LogP contribution in [0.5, 0.6) is 17.2 Å². The molecule has 16 heavy (non-hydrogen) atoms. The Hall–Kier alpha value is -1.46. The molecule has 0 amide bonds. The van der Waals surface area contributed by atoms with E-state index in [0.717, 1.165) is 5.56 Å². The average molecular weight is 226 g/mol. The summed E-state index contributed by atoms with van der Waals surface area (Å²) >= 11 is 0. The molecule has 0 saturated heterocycles. The SMILES string of the molecule is COc1ccc([C@H](C)NN)c(OC)c1OC. The van der Waals surface area contributed by atoms with Gasteiger partial charge in [0.15, 0.2) is 11.5 Å². The lowest BCUT2D eigenvalue weighted by atomic mass is 10.1. The highest BCUT2D eigenvalue weighted by Crippen LogP contribution is 2.41. The first-order valence-electron chi connectivity index (χ1n) is 4.94. The number of methoxy groups -OCH3 is 3. The van der Waals surface area contributed by atoms with Gasteiger partial charge in [-0.25, -0.2) is 0 Å². The van der Waals surface area contributed by atoms with Gasteiger partial charge in [0, 0.05) is 11.6 Å². The summed E-state index contributed by atoms with van der Waals surface area (Å²) in [7, 11) is 4.75. The second kappa shape index (κ2) is 5.58. The topological polar surface area (TPSA) is 65.7 Å². The smallest absolute Gasteiger partial charge is 0.203 e. The summed E-state index contributed by atoms with van der Waals surface area (Å²) in [5, 5.41) is 0. The van der Waals surface area contributed by atoms with Gasteiger partial charge in [-0.3, -0.25) is 11.3 Å². The lowest BCUT2D eigenvalue weighted by Gasteiger charge is -2.19. The molecule has 0 radical (unpaired) electrons. The van der Waals surface area contributed by atoms with Crippen molar-refractivity contribution >= 4 is 0 Å². The third kappa shape index (κ3) is 2.20. The van der Waals surface area contributed by atoms with Crippen LogP contribution < -0.4 is 25.5 Å². The molecule has 5 heteroatoms. The highest BCUT2D eigenvalue weighted by Gasteiger charge is 2.18. The van der Waals surface area contributed by atoms with Gasteiger partial charge in [-0.05, 0) is 19.1 Å². The molecule has 90 valence electrons. The Morgan fingerprint density at radius 1 is 1.06 bits per heavy atom. The zero-order chi connectivity index (χ0) is 12.1. The van der Waals surface area contributed by atoms with Crippen molar-refractivity contribution in [3.8, 4) is 17.2 Å². The van der Waals surface area contributed by atoms with Gasteiger partial charge in [0.25, 0.3) is 0 Å². The predicted molar refractivity (Wildman–Crippen MR) is 61.8 cm³/mol. The molecule has 0 aromatic heterocycles. The maximum atomic E-state index is 5.41. The van der Waals surface area contributed by atoms with Crippen LogP contribution in [0.25, 0.3) is 0 Å². The van der Waals surface area contributed by atoms with Crippen molar-refractivity contribution in [1.29, 1.82) is 0 Å². The number of benzene rings is 1. The fourth-order valence-electron chi connectivity index (χ4n) is 1.56. The molecule has 0 bridgehead atoms. The van der Waals surface area contributed by atoms with Crippen LogP contribution in [0.1, 0.15) is 18.5 Å². The van der Waals surface area contributed by atoms with Gasteiger partial charge >= 0.3 is 0 Å². The normalized spacial score (nSPS) is 12.1. The van der Waals surface area contributed by atoms with Crippen molar-refractivity contribution in [2.45, 2.75) is 13.0 Å². The molecule has 1 aromatic rings. The predicted octanol–water partition coefficient (Wildman–Crippen LogP) is 1.24. The van der Waals surface area contributed by atoms with Crippen molar-refractivity contribution in [3.63, 3.8) is 0 Å². The number of hydrogen-bond acceptors (Lipinski definition) is 5. The molecule has 5 nitrogen and oxygen atoms in total. The minimum atomic E-state index is -0.0326. The van der Waals surface area contributed by atoms with E-state index in [9.17, 15) is 0 Å². The highest BCUT2D eigenvalue weighted by atomic mass is 16.5. The van der Waals surface area contributed by atoms with E-state index in [-0.39, 0.29) is 6.04 Å². The van der Waals surface area contributed by atoms with Crippen LogP contribution in [-0.4, -0.2) is 21.3 Å². The van der Waals surface area contributed by atoms with Gasteiger partial charge in [0.2, 0.25) is 5.75 Å². The largest absolute Gasteiger partial charge is 0.493 e. The molecular weight excluding hydrogens is 208 g/mol. The van der Waals surface area contributed by atoms with E-state index in [1.165, 1.54) is 0 Å². The maximum Gasteiger partial charge on any atom is 0.203 e. The van der Waals surface area contributed by atoms with E-state index in [2.05, 4.69) is 5.43 Å². The Bertz CT molecular complexity index is 355. The van der Waals surface area contributed by atoms with E-state index < -0.39 is 0 Å². The van der Waals surface area contributed by atoms with Crippen LogP contribution in [0, 0.1) is 0 Å². The van der Waals surface area contributed by atoms with E-state index in [0.29, 0.717) is 17.2 Å². The Balaban J connectivity index is 3.31. The first kappa shape index (κ1) is 12.6. The number of rotatable bonds is 5. The van der Waals surface area contributed by atoms with Crippen molar-refractivity contribution in [3.05, 3.63) is 17.7 Å². The minimum absolute atomic E-state index is 0.0326. The number of hydrogen-bond donors (Lipinski definition) is 2. The number of nitrogens with one attached hydrogen (secondary N) is 1. The summed E-state index contributed by atoms with van der Waals surface area (Å²) in [6.45, 7) is 1.93. The summed E-state index contributed by atoms with van der Waals surface area (Å²) in [5.41, 5.74) is 3.59. The zero-order valence-electron chi connectivity index (χ0n) is 10.0. The van der Waals surface area contributed by atoms with Gasteiger partial charge in [-0.2, -0.15) is 0 Å². The number of hydrazine groups is 1. The van der Waals surface area contributed by atoms with Crippen LogP contribution in [-0.2, 0) is 0 Å². The van der Waals surface area contributed by atoms with Crippen LogP contribution in [0.2, 0.25) is 0 Å². The lowest BCUT2D eigenvalue weighted by Crippen LogP contribution is -2.26. The first-order chi connectivity index (χ1) is 7.69. The monoisotopic (exact) mass is 226 g/mol. The van der Waals surface area contributed by atoms with Crippen molar-refractivity contribution in [1.82, 2.24) is 5.43 Å². The molecule has 0 aliphatic rings. The third-order valence-electron chi connectivity index (χ3n) is 2.45. The molecule has 1 aromatic carbocycles. The molecule has 1 atom stereocenters. The molecule has 1 rings (SSSR count). The van der Waals surface area contributed by atoms with E-state index in [4.69, 9.17) is 20.1 Å². The zero-order valence-corrected chi connectivity index (χ0v) is 10.0. The molecule has 3 N–H and O–H groups in total. The van der Waals surface area contributed by atoms with Crippen molar-refractivity contribution in [2.75, 3.05) is 21.3 Å². The Morgan fingerprint density at radius 2 is 1.69 bits per heavy atom. The van der Waals surface area contributed by atoms with Gasteiger partial charge in [0.05, 0.1) is 21.3 Å². The molecule has 0 spiro atoms. The van der Waals surface area contributed by atoms with Crippen LogP contribution in [0.3, 0.4) is 0 Å². The fourth-order valence-corrected chi connectivity index (χ4v) is 1.56. The second-order valence-corrected chi connectivity index (χ2v) is 3.31. The summed E-state index contributed by atoms with van der Waals surface area (Å²) in [4.78, 5) is 0.